The van der Waals surface area contributed by atoms with E-state index in [1.54, 1.807) is 29.2 Å². The fraction of sp³-hybridized carbons (Fsp3) is 0.188. The molecule has 0 spiro atoms. The summed E-state index contributed by atoms with van der Waals surface area (Å²) in [7, 11) is 0. The third-order valence-corrected chi connectivity index (χ3v) is 6.44. The van der Waals surface area contributed by atoms with Crippen molar-refractivity contribution in [1.29, 1.82) is 0 Å². The maximum absolute atomic E-state index is 12.3. The lowest BCUT2D eigenvalue weighted by Crippen LogP contribution is -2.40. The van der Waals surface area contributed by atoms with Crippen molar-refractivity contribution in [3.63, 3.8) is 0 Å². The molecule has 3 aromatic rings. The van der Waals surface area contributed by atoms with Gasteiger partial charge in [0.15, 0.2) is 15.8 Å². The van der Waals surface area contributed by atoms with E-state index < -0.39 is 6.10 Å². The van der Waals surface area contributed by atoms with Crippen LogP contribution in [0.25, 0.3) is 0 Å². The molecule has 9 heteroatoms. The van der Waals surface area contributed by atoms with Crippen LogP contribution >= 0.6 is 34.4 Å². The van der Waals surface area contributed by atoms with Crippen LogP contribution in [0.4, 0.5) is 5.13 Å². The minimum Gasteiger partial charge on any atom is -0.485 e. The average Bonchev–Trinajstić information content (AvgIpc) is 3.31. The normalized spacial score (nSPS) is 15.8. The Labute approximate surface area is 156 Å². The number of thiophene rings is 1. The predicted octanol–water partition coefficient (Wildman–Crippen LogP) is 3.67. The molecule has 6 nitrogen and oxygen atoms in total. The molecule has 0 saturated carbocycles. The van der Waals surface area contributed by atoms with E-state index in [0.29, 0.717) is 16.6 Å². The Balaban J connectivity index is 1.34. The lowest BCUT2D eigenvalue weighted by Gasteiger charge is -2.25. The van der Waals surface area contributed by atoms with Crippen LogP contribution in [-0.2, 0) is 10.5 Å². The van der Waals surface area contributed by atoms with E-state index in [0.717, 1.165) is 10.1 Å². The van der Waals surface area contributed by atoms with Gasteiger partial charge in [0.2, 0.25) is 11.2 Å². The molecule has 1 atom stereocenters. The summed E-state index contributed by atoms with van der Waals surface area (Å²) in [5, 5.41) is 13.4. The number of nitrogens with zero attached hydrogens (tertiary/aromatic N) is 2. The van der Waals surface area contributed by atoms with Crippen LogP contribution in [0.2, 0.25) is 0 Å². The van der Waals surface area contributed by atoms with Gasteiger partial charge in [-0.2, -0.15) is 0 Å². The number of para-hydroxylation sites is 2. The van der Waals surface area contributed by atoms with Gasteiger partial charge < -0.3 is 9.47 Å². The molecular weight excluding hydrogens is 378 g/mol. The minimum absolute atomic E-state index is 0.168. The lowest BCUT2D eigenvalue weighted by molar-refractivity contribution is -0.125. The zero-order valence-corrected chi connectivity index (χ0v) is 15.3. The summed E-state index contributed by atoms with van der Waals surface area (Å²) in [5.74, 6) is 1.77. The lowest BCUT2D eigenvalue weighted by atomic mass is 10.2. The third kappa shape index (κ3) is 3.94. The highest BCUT2D eigenvalue weighted by Gasteiger charge is 2.28. The second kappa shape index (κ2) is 7.42. The zero-order valence-electron chi connectivity index (χ0n) is 12.9. The van der Waals surface area contributed by atoms with Gasteiger partial charge in [0, 0.05) is 10.6 Å². The van der Waals surface area contributed by atoms with Crippen molar-refractivity contribution in [2.24, 2.45) is 0 Å². The molecule has 128 valence electrons. The highest BCUT2D eigenvalue weighted by molar-refractivity contribution is 8.00. The molecule has 3 heterocycles. The maximum Gasteiger partial charge on any atom is 0.270 e. The van der Waals surface area contributed by atoms with Gasteiger partial charge in [-0.3, -0.25) is 10.1 Å². The minimum atomic E-state index is -0.707. The number of thioether (sulfide) groups is 1. The second-order valence-electron chi connectivity index (χ2n) is 5.09. The van der Waals surface area contributed by atoms with Gasteiger partial charge in [-0.25, -0.2) is 0 Å². The molecule has 0 bridgehead atoms. The number of aromatic nitrogens is 2. The van der Waals surface area contributed by atoms with Crippen molar-refractivity contribution in [2.75, 3.05) is 11.9 Å². The first kappa shape index (κ1) is 16.4. The number of fused-ring (bicyclic) bond motifs is 1. The molecular formula is C16H13N3O3S3. The summed E-state index contributed by atoms with van der Waals surface area (Å²) in [5.41, 5.74) is 0. The first-order valence-electron chi connectivity index (χ1n) is 7.46. The van der Waals surface area contributed by atoms with E-state index in [-0.39, 0.29) is 12.5 Å². The quantitative estimate of drug-likeness (QED) is 0.528. The Kier molecular flexibility index (Phi) is 4.86. The topological polar surface area (TPSA) is 73.3 Å². The molecule has 1 amide bonds. The Bertz CT molecular complexity index is 866. The van der Waals surface area contributed by atoms with Crippen LogP contribution < -0.4 is 14.8 Å². The standard InChI is InChI=1S/C16H13N3O3S3/c20-14(13-8-21-11-5-1-2-6-12(11)22-13)17-15-18-19-16(25-15)24-9-10-4-3-7-23-10/h1-7,13H,8-9H2,(H,17,18,20). The number of rotatable bonds is 5. The second-order valence-corrected chi connectivity index (χ2v) is 8.33. The van der Waals surface area contributed by atoms with Gasteiger partial charge in [-0.05, 0) is 23.6 Å². The number of hydrogen-bond acceptors (Lipinski definition) is 8. The Morgan fingerprint density at radius 3 is 2.96 bits per heavy atom. The smallest absolute Gasteiger partial charge is 0.270 e. The molecule has 1 aromatic carbocycles. The fourth-order valence-electron chi connectivity index (χ4n) is 2.18. The number of hydrogen-bond donors (Lipinski definition) is 1. The number of anilines is 1. The van der Waals surface area contributed by atoms with Crippen LogP contribution in [0.15, 0.2) is 46.1 Å². The number of ether oxygens (including phenoxy) is 2. The van der Waals surface area contributed by atoms with E-state index in [9.17, 15) is 4.79 Å². The summed E-state index contributed by atoms with van der Waals surface area (Å²) in [6.07, 6.45) is -0.707. The van der Waals surface area contributed by atoms with Crippen molar-refractivity contribution >= 4 is 45.5 Å². The van der Waals surface area contributed by atoms with Crippen LogP contribution in [0.5, 0.6) is 11.5 Å². The molecule has 1 N–H and O–H groups in total. The Morgan fingerprint density at radius 1 is 1.24 bits per heavy atom. The summed E-state index contributed by atoms with van der Waals surface area (Å²) in [6.45, 7) is 0.168. The van der Waals surface area contributed by atoms with Gasteiger partial charge in [-0.15, -0.1) is 21.5 Å². The summed E-state index contributed by atoms with van der Waals surface area (Å²) >= 11 is 4.66. The highest BCUT2D eigenvalue weighted by atomic mass is 32.2. The monoisotopic (exact) mass is 391 g/mol. The van der Waals surface area contributed by atoms with Crippen molar-refractivity contribution in [1.82, 2.24) is 10.2 Å². The number of carbonyl (C=O) groups excluding carboxylic acids is 1. The average molecular weight is 391 g/mol. The van der Waals surface area contributed by atoms with Crippen LogP contribution in [0.3, 0.4) is 0 Å². The van der Waals surface area contributed by atoms with Crippen molar-refractivity contribution in [3.05, 3.63) is 46.7 Å². The number of carbonyl (C=O) groups is 1. The Hall–Kier alpha value is -2.10. The molecule has 0 saturated heterocycles. The van der Waals surface area contributed by atoms with E-state index in [1.165, 1.54) is 16.2 Å². The van der Waals surface area contributed by atoms with Crippen molar-refractivity contribution in [3.8, 4) is 11.5 Å². The first-order valence-corrected chi connectivity index (χ1v) is 10.1. The molecule has 4 rings (SSSR count). The Morgan fingerprint density at radius 2 is 2.12 bits per heavy atom. The SMILES string of the molecule is O=C(Nc1nnc(SCc2cccs2)s1)C1COc2ccccc2O1. The largest absolute Gasteiger partial charge is 0.485 e. The van der Waals surface area contributed by atoms with Gasteiger partial charge in [0.05, 0.1) is 0 Å². The summed E-state index contributed by atoms with van der Waals surface area (Å²) < 4.78 is 12.1. The fourth-order valence-corrected chi connectivity index (χ4v) is 4.71. The third-order valence-electron chi connectivity index (χ3n) is 3.36. The van der Waals surface area contributed by atoms with Gasteiger partial charge in [0.25, 0.3) is 5.91 Å². The maximum atomic E-state index is 12.3. The first-order chi connectivity index (χ1) is 12.3. The zero-order chi connectivity index (χ0) is 17.1. The summed E-state index contributed by atoms with van der Waals surface area (Å²) in [4.78, 5) is 13.6. The molecule has 0 fully saturated rings. The molecule has 0 aliphatic carbocycles. The molecule has 2 aromatic heterocycles. The predicted molar refractivity (Wildman–Crippen MR) is 98.8 cm³/mol. The van der Waals surface area contributed by atoms with E-state index in [2.05, 4.69) is 21.6 Å². The van der Waals surface area contributed by atoms with Crippen LogP contribution in [0.1, 0.15) is 4.88 Å². The van der Waals surface area contributed by atoms with Gasteiger partial charge >= 0.3 is 0 Å². The van der Waals surface area contributed by atoms with E-state index >= 15 is 0 Å². The van der Waals surface area contributed by atoms with E-state index in [4.69, 9.17) is 9.47 Å². The number of benzene rings is 1. The van der Waals surface area contributed by atoms with Crippen LogP contribution in [-0.4, -0.2) is 28.8 Å². The molecule has 1 unspecified atom stereocenters. The summed E-state index contributed by atoms with van der Waals surface area (Å²) in [6, 6.07) is 11.4. The number of nitrogens with one attached hydrogen (secondary N) is 1. The van der Waals surface area contributed by atoms with Crippen molar-refractivity contribution in [2.45, 2.75) is 16.2 Å². The molecule has 1 aliphatic rings. The highest BCUT2D eigenvalue weighted by Crippen LogP contribution is 2.32. The molecule has 1 aliphatic heterocycles. The van der Waals surface area contributed by atoms with Crippen molar-refractivity contribution < 1.29 is 14.3 Å². The molecule has 25 heavy (non-hydrogen) atoms. The van der Waals surface area contributed by atoms with Gasteiger partial charge in [-0.1, -0.05) is 41.3 Å². The van der Waals surface area contributed by atoms with E-state index in [1.807, 2.05) is 29.6 Å². The van der Waals surface area contributed by atoms with Crippen LogP contribution in [0, 0.1) is 0 Å². The molecule has 0 radical (unpaired) electrons. The van der Waals surface area contributed by atoms with Gasteiger partial charge in [0.1, 0.15) is 6.61 Å². The number of amides is 1.